The third-order valence-corrected chi connectivity index (χ3v) is 5.05. The Bertz CT molecular complexity index is 1080. The molecule has 8 nitrogen and oxygen atoms in total. The number of halogens is 1. The first kappa shape index (κ1) is 20.5. The van der Waals surface area contributed by atoms with Gasteiger partial charge < -0.3 is 15.3 Å². The topological polar surface area (TPSA) is 98.6 Å². The second-order valence-corrected chi connectivity index (χ2v) is 7.39. The molecule has 0 spiro atoms. The van der Waals surface area contributed by atoms with Crippen LogP contribution in [0.5, 0.6) is 5.75 Å². The van der Waals surface area contributed by atoms with Crippen molar-refractivity contribution in [2.75, 3.05) is 22.2 Å². The minimum atomic E-state index is -0.396. The largest absolute Gasteiger partial charge is 0.508 e. The highest BCUT2D eigenvalue weighted by Crippen LogP contribution is 2.25. The van der Waals surface area contributed by atoms with Gasteiger partial charge in [-0.15, -0.1) is 0 Å². The van der Waals surface area contributed by atoms with Crippen molar-refractivity contribution >= 4 is 29.7 Å². The molecule has 3 aromatic rings. The van der Waals surface area contributed by atoms with E-state index in [2.05, 4.69) is 42.6 Å². The summed E-state index contributed by atoms with van der Waals surface area (Å²) in [4.78, 5) is 15.5. The molecule has 1 aliphatic rings. The number of piperidine rings is 1. The molecule has 1 aliphatic heterocycles. The van der Waals surface area contributed by atoms with Crippen molar-refractivity contribution in [2.45, 2.75) is 32.2 Å². The molecule has 1 fully saturated rings. The normalized spacial score (nSPS) is 16.5. The highest BCUT2D eigenvalue weighted by Gasteiger charge is 2.22. The molecular weight excluding hydrogens is 397 g/mol. The number of aromatic nitrogens is 3. The maximum atomic E-state index is 14.1. The van der Waals surface area contributed by atoms with Crippen LogP contribution in [0.2, 0.25) is 0 Å². The lowest BCUT2D eigenvalue weighted by molar-refractivity contribution is 0.475. The summed E-state index contributed by atoms with van der Waals surface area (Å²) in [5.41, 5.74) is 3.81. The fraction of sp³-hybridized carbons (Fsp3) is 0.273. The number of phenolic OH excluding ortho intramolecular Hbond substituents is 1. The third-order valence-electron chi connectivity index (χ3n) is 5.05. The van der Waals surface area contributed by atoms with Crippen LogP contribution in [0.1, 0.15) is 31.7 Å². The zero-order valence-electron chi connectivity index (χ0n) is 17.2. The van der Waals surface area contributed by atoms with Gasteiger partial charge in [-0.3, -0.25) is 0 Å². The van der Waals surface area contributed by atoms with Gasteiger partial charge in [0.25, 0.3) is 0 Å². The Morgan fingerprint density at radius 2 is 1.94 bits per heavy atom. The number of hydrogen-bond acceptors (Lipinski definition) is 8. The van der Waals surface area contributed by atoms with Crippen LogP contribution in [0.15, 0.2) is 53.6 Å². The van der Waals surface area contributed by atoms with Crippen molar-refractivity contribution in [3.63, 3.8) is 0 Å². The van der Waals surface area contributed by atoms with Gasteiger partial charge >= 0.3 is 0 Å². The zero-order chi connectivity index (χ0) is 21.6. The first-order valence-electron chi connectivity index (χ1n) is 10.2. The average molecular weight is 421 g/mol. The first-order valence-corrected chi connectivity index (χ1v) is 10.2. The predicted octanol–water partition coefficient (Wildman–Crippen LogP) is 4.28. The summed E-state index contributed by atoms with van der Waals surface area (Å²) in [5, 5.41) is 16.7. The molecule has 1 atom stereocenters. The van der Waals surface area contributed by atoms with Crippen LogP contribution in [0.25, 0.3) is 0 Å². The summed E-state index contributed by atoms with van der Waals surface area (Å²) in [6.07, 6.45) is 4.84. The van der Waals surface area contributed by atoms with E-state index in [4.69, 9.17) is 0 Å². The van der Waals surface area contributed by atoms with Crippen molar-refractivity contribution in [3.8, 4) is 5.75 Å². The van der Waals surface area contributed by atoms with Gasteiger partial charge in [0.1, 0.15) is 11.6 Å². The summed E-state index contributed by atoms with van der Waals surface area (Å²) in [6.45, 7) is 2.98. The molecule has 4 rings (SSSR count). The van der Waals surface area contributed by atoms with E-state index in [9.17, 15) is 9.50 Å². The van der Waals surface area contributed by atoms with Crippen LogP contribution in [0.3, 0.4) is 0 Å². The number of anilines is 4. The number of hydrogen-bond donors (Lipinski definition) is 3. The monoisotopic (exact) mass is 421 g/mol. The van der Waals surface area contributed by atoms with E-state index in [1.165, 1.54) is 12.5 Å². The number of rotatable bonds is 6. The Hall–Kier alpha value is -3.75. The third kappa shape index (κ3) is 5.25. The van der Waals surface area contributed by atoms with Gasteiger partial charge in [0.05, 0.1) is 11.9 Å². The van der Waals surface area contributed by atoms with Gasteiger partial charge in [-0.2, -0.15) is 20.1 Å². The van der Waals surface area contributed by atoms with Gasteiger partial charge in [-0.05, 0) is 56.0 Å². The van der Waals surface area contributed by atoms with Crippen LogP contribution in [-0.4, -0.2) is 38.9 Å². The molecule has 160 valence electrons. The molecule has 0 aliphatic carbocycles. The van der Waals surface area contributed by atoms with Crippen LogP contribution in [0.4, 0.5) is 27.9 Å². The molecule has 1 aromatic heterocycles. The Morgan fingerprint density at radius 3 is 2.74 bits per heavy atom. The van der Waals surface area contributed by atoms with Gasteiger partial charge in [0.15, 0.2) is 0 Å². The van der Waals surface area contributed by atoms with Gasteiger partial charge in [-0.25, -0.2) is 9.82 Å². The molecule has 31 heavy (non-hydrogen) atoms. The Balaban J connectivity index is 1.61. The lowest BCUT2D eigenvalue weighted by Gasteiger charge is -2.33. The number of benzene rings is 2. The summed E-state index contributed by atoms with van der Waals surface area (Å²) < 4.78 is 14.1. The van der Waals surface area contributed by atoms with E-state index in [0.717, 1.165) is 24.9 Å². The number of aromatic hydroxyl groups is 1. The minimum absolute atomic E-state index is 0.154. The fourth-order valence-electron chi connectivity index (χ4n) is 3.45. The lowest BCUT2D eigenvalue weighted by Crippen LogP contribution is -2.38. The number of hydrazone groups is 1. The minimum Gasteiger partial charge on any atom is -0.508 e. The van der Waals surface area contributed by atoms with Gasteiger partial charge in [-0.1, -0.05) is 24.3 Å². The molecule has 0 saturated carbocycles. The molecule has 0 amide bonds. The second kappa shape index (κ2) is 9.38. The molecule has 9 heteroatoms. The van der Waals surface area contributed by atoms with Gasteiger partial charge in [0.2, 0.25) is 17.8 Å². The van der Waals surface area contributed by atoms with Crippen molar-refractivity contribution in [2.24, 2.45) is 5.10 Å². The summed E-state index contributed by atoms with van der Waals surface area (Å²) in [6, 6.07) is 13.4. The molecule has 0 unspecified atom stereocenters. The molecule has 0 bridgehead atoms. The van der Waals surface area contributed by atoms with Crippen molar-refractivity contribution in [1.29, 1.82) is 0 Å². The molecule has 0 radical (unpaired) electrons. The molecule has 2 heterocycles. The highest BCUT2D eigenvalue weighted by molar-refractivity contribution is 5.80. The van der Waals surface area contributed by atoms with E-state index in [0.29, 0.717) is 12.0 Å². The van der Waals surface area contributed by atoms with Crippen LogP contribution in [-0.2, 0) is 0 Å². The van der Waals surface area contributed by atoms with Crippen LogP contribution < -0.4 is 15.6 Å². The maximum absolute atomic E-state index is 14.1. The number of phenols is 1. The fourth-order valence-corrected chi connectivity index (χ4v) is 3.45. The standard InChI is InChI=1S/C22H24FN7O/c1-15-7-4-5-12-30(15)22-27-20(25-19-11-3-2-10-18(19)23)26-21(28-22)29-24-14-16-8-6-9-17(31)13-16/h2-3,6,8-11,13-15,31H,4-5,7,12H2,1H3,(H2,25,26,27,28,29)/b24-14-/t15-/m0/s1. The van der Waals surface area contributed by atoms with Crippen LogP contribution >= 0.6 is 0 Å². The van der Waals surface area contributed by atoms with E-state index < -0.39 is 5.82 Å². The van der Waals surface area contributed by atoms with E-state index >= 15 is 0 Å². The van der Waals surface area contributed by atoms with Crippen molar-refractivity contribution < 1.29 is 9.50 Å². The van der Waals surface area contributed by atoms with Gasteiger partial charge in [0, 0.05) is 12.6 Å². The predicted molar refractivity (Wildman–Crippen MR) is 119 cm³/mol. The van der Waals surface area contributed by atoms with Crippen LogP contribution in [0, 0.1) is 5.82 Å². The quantitative estimate of drug-likeness (QED) is 0.403. The number of para-hydroxylation sites is 1. The molecule has 2 aromatic carbocycles. The Kier molecular flexibility index (Phi) is 6.21. The van der Waals surface area contributed by atoms with E-state index in [-0.39, 0.29) is 23.3 Å². The summed E-state index contributed by atoms with van der Waals surface area (Å²) in [5.74, 6) is 0.728. The highest BCUT2D eigenvalue weighted by atomic mass is 19.1. The summed E-state index contributed by atoms with van der Waals surface area (Å²) in [7, 11) is 0. The van der Waals surface area contributed by atoms with E-state index in [1.807, 2.05) is 6.07 Å². The molecule has 3 N–H and O–H groups in total. The van der Waals surface area contributed by atoms with E-state index in [1.54, 1.807) is 42.6 Å². The number of nitrogens with one attached hydrogen (secondary N) is 2. The Labute approximate surface area is 179 Å². The zero-order valence-corrected chi connectivity index (χ0v) is 17.2. The SMILES string of the molecule is C[C@H]1CCCCN1c1nc(N/N=C\c2cccc(O)c2)nc(Nc2ccccc2F)n1. The smallest absolute Gasteiger partial charge is 0.250 e. The Morgan fingerprint density at radius 1 is 1.10 bits per heavy atom. The maximum Gasteiger partial charge on any atom is 0.250 e. The van der Waals surface area contributed by atoms with Crippen molar-refractivity contribution in [3.05, 3.63) is 59.9 Å². The molecular formula is C22H24FN7O. The molecule has 1 saturated heterocycles. The van der Waals surface area contributed by atoms with Crippen molar-refractivity contribution in [1.82, 2.24) is 15.0 Å². The average Bonchev–Trinajstić information content (AvgIpc) is 2.76. The number of nitrogens with zero attached hydrogens (tertiary/aromatic N) is 5. The summed E-state index contributed by atoms with van der Waals surface area (Å²) >= 11 is 0. The first-order chi connectivity index (χ1) is 15.1. The second-order valence-electron chi connectivity index (χ2n) is 7.39. The lowest BCUT2D eigenvalue weighted by atomic mass is 10.0.